The molecule has 1 heterocycles. The van der Waals surface area contributed by atoms with Crippen LogP contribution in [0.3, 0.4) is 0 Å². The predicted octanol–water partition coefficient (Wildman–Crippen LogP) is 3.71. The summed E-state index contributed by atoms with van der Waals surface area (Å²) in [6.07, 6.45) is 3.60. The van der Waals surface area contributed by atoms with Crippen LogP contribution < -0.4 is 10.6 Å². The molecule has 6 heteroatoms. The van der Waals surface area contributed by atoms with Crippen molar-refractivity contribution in [1.82, 2.24) is 10.2 Å². The van der Waals surface area contributed by atoms with Crippen LogP contribution in [0.5, 0.6) is 0 Å². The van der Waals surface area contributed by atoms with Gasteiger partial charge in [0, 0.05) is 36.4 Å². The molecular weight excluding hydrogens is 378 g/mol. The van der Waals surface area contributed by atoms with Crippen molar-refractivity contribution < 1.29 is 14.4 Å². The van der Waals surface area contributed by atoms with Crippen LogP contribution >= 0.6 is 0 Å². The standard InChI is InChI=1S/C24H29N3O3/c1-2-3-14-25-22(28)20-12-8-15-27(17-20)24(30)19-11-7-13-21(16-19)26-23(29)18-9-5-4-6-10-18/h4-7,9-11,13,16,20H,2-3,8,12,14-15,17H2,1H3,(H,25,28)(H,26,29). The molecule has 1 aliphatic heterocycles. The molecule has 1 fully saturated rings. The van der Waals surface area contributed by atoms with Gasteiger partial charge in [-0.1, -0.05) is 37.6 Å². The highest BCUT2D eigenvalue weighted by molar-refractivity contribution is 6.05. The Balaban J connectivity index is 1.63. The summed E-state index contributed by atoms with van der Waals surface area (Å²) in [5, 5.41) is 5.81. The van der Waals surface area contributed by atoms with Gasteiger partial charge in [-0.3, -0.25) is 14.4 Å². The van der Waals surface area contributed by atoms with E-state index in [0.717, 1.165) is 25.7 Å². The zero-order valence-corrected chi connectivity index (χ0v) is 17.4. The molecule has 2 N–H and O–H groups in total. The van der Waals surface area contributed by atoms with Gasteiger partial charge >= 0.3 is 0 Å². The number of carbonyl (C=O) groups is 3. The van der Waals surface area contributed by atoms with Crippen LogP contribution in [0.1, 0.15) is 53.3 Å². The van der Waals surface area contributed by atoms with Crippen molar-refractivity contribution in [1.29, 1.82) is 0 Å². The lowest BCUT2D eigenvalue weighted by molar-refractivity contribution is -0.126. The summed E-state index contributed by atoms with van der Waals surface area (Å²) in [4.78, 5) is 39.5. The second-order valence-corrected chi connectivity index (χ2v) is 7.64. The Kier molecular flexibility index (Phi) is 7.60. The van der Waals surface area contributed by atoms with Gasteiger partial charge in [-0.05, 0) is 49.6 Å². The topological polar surface area (TPSA) is 78.5 Å². The summed E-state index contributed by atoms with van der Waals surface area (Å²) in [6.45, 7) is 3.84. The SMILES string of the molecule is CCCCNC(=O)C1CCCN(C(=O)c2cccc(NC(=O)c3ccccc3)c2)C1. The lowest BCUT2D eigenvalue weighted by Crippen LogP contribution is -2.45. The molecule has 1 saturated heterocycles. The van der Waals surface area contributed by atoms with Crippen molar-refractivity contribution in [2.75, 3.05) is 25.0 Å². The number of nitrogens with zero attached hydrogens (tertiary/aromatic N) is 1. The van der Waals surface area contributed by atoms with Gasteiger partial charge in [0.25, 0.3) is 11.8 Å². The maximum absolute atomic E-state index is 13.0. The number of likely N-dealkylation sites (tertiary alicyclic amines) is 1. The summed E-state index contributed by atoms with van der Waals surface area (Å²) in [6, 6.07) is 15.9. The summed E-state index contributed by atoms with van der Waals surface area (Å²) < 4.78 is 0. The number of benzene rings is 2. The molecule has 2 aromatic rings. The summed E-state index contributed by atoms with van der Waals surface area (Å²) in [7, 11) is 0. The van der Waals surface area contributed by atoms with Crippen LogP contribution in [-0.2, 0) is 4.79 Å². The van der Waals surface area contributed by atoms with E-state index in [9.17, 15) is 14.4 Å². The molecule has 2 aromatic carbocycles. The molecule has 0 aliphatic carbocycles. The highest BCUT2D eigenvalue weighted by atomic mass is 16.2. The van der Waals surface area contributed by atoms with Crippen molar-refractivity contribution >= 4 is 23.4 Å². The lowest BCUT2D eigenvalue weighted by atomic mass is 9.96. The first kappa shape index (κ1) is 21.6. The highest BCUT2D eigenvalue weighted by Gasteiger charge is 2.28. The highest BCUT2D eigenvalue weighted by Crippen LogP contribution is 2.20. The normalized spacial score (nSPS) is 16.0. The van der Waals surface area contributed by atoms with E-state index in [-0.39, 0.29) is 23.6 Å². The van der Waals surface area contributed by atoms with E-state index in [1.807, 2.05) is 6.07 Å². The van der Waals surface area contributed by atoms with E-state index in [2.05, 4.69) is 17.6 Å². The van der Waals surface area contributed by atoms with Gasteiger partial charge in [-0.15, -0.1) is 0 Å². The number of anilines is 1. The van der Waals surface area contributed by atoms with Crippen molar-refractivity contribution in [2.24, 2.45) is 5.92 Å². The van der Waals surface area contributed by atoms with Gasteiger partial charge in [0.1, 0.15) is 0 Å². The largest absolute Gasteiger partial charge is 0.356 e. The summed E-state index contributed by atoms with van der Waals surface area (Å²) in [5.74, 6) is -0.468. The van der Waals surface area contributed by atoms with E-state index in [4.69, 9.17) is 0 Å². The van der Waals surface area contributed by atoms with Crippen LogP contribution in [0, 0.1) is 5.92 Å². The fourth-order valence-electron chi connectivity index (χ4n) is 3.61. The molecule has 6 nitrogen and oxygen atoms in total. The Bertz CT molecular complexity index is 882. The van der Waals surface area contributed by atoms with Crippen LogP contribution in [0.4, 0.5) is 5.69 Å². The van der Waals surface area contributed by atoms with Crippen molar-refractivity contribution in [3.8, 4) is 0 Å². The maximum atomic E-state index is 13.0. The molecule has 158 valence electrons. The van der Waals surface area contributed by atoms with E-state index in [1.165, 1.54) is 0 Å². The quantitative estimate of drug-likeness (QED) is 0.687. The number of hydrogen-bond donors (Lipinski definition) is 2. The predicted molar refractivity (Wildman–Crippen MR) is 117 cm³/mol. The lowest BCUT2D eigenvalue weighted by Gasteiger charge is -2.32. The van der Waals surface area contributed by atoms with Crippen LogP contribution in [-0.4, -0.2) is 42.3 Å². The number of nitrogens with one attached hydrogen (secondary N) is 2. The maximum Gasteiger partial charge on any atom is 0.255 e. The molecule has 0 saturated carbocycles. The van der Waals surface area contributed by atoms with Crippen molar-refractivity contribution in [3.05, 3.63) is 65.7 Å². The molecule has 0 bridgehead atoms. The average Bonchev–Trinajstić information content (AvgIpc) is 2.79. The minimum Gasteiger partial charge on any atom is -0.356 e. The van der Waals surface area contributed by atoms with Gasteiger partial charge < -0.3 is 15.5 Å². The number of hydrogen-bond acceptors (Lipinski definition) is 3. The Morgan fingerprint density at radius 3 is 2.57 bits per heavy atom. The molecule has 0 radical (unpaired) electrons. The van der Waals surface area contributed by atoms with E-state index < -0.39 is 0 Å². The third-order valence-electron chi connectivity index (χ3n) is 5.31. The Morgan fingerprint density at radius 2 is 1.80 bits per heavy atom. The number of amides is 3. The van der Waals surface area contributed by atoms with Gasteiger partial charge in [0.15, 0.2) is 0 Å². The van der Waals surface area contributed by atoms with Crippen LogP contribution in [0.25, 0.3) is 0 Å². The summed E-state index contributed by atoms with van der Waals surface area (Å²) >= 11 is 0. The van der Waals surface area contributed by atoms with E-state index in [1.54, 1.807) is 53.4 Å². The fourth-order valence-corrected chi connectivity index (χ4v) is 3.61. The first-order valence-corrected chi connectivity index (χ1v) is 10.6. The van der Waals surface area contributed by atoms with Crippen LogP contribution in [0.2, 0.25) is 0 Å². The van der Waals surface area contributed by atoms with Crippen LogP contribution in [0.15, 0.2) is 54.6 Å². The minimum atomic E-state index is -0.220. The Morgan fingerprint density at radius 1 is 1.03 bits per heavy atom. The number of carbonyl (C=O) groups excluding carboxylic acids is 3. The number of piperidine rings is 1. The zero-order valence-electron chi connectivity index (χ0n) is 17.4. The van der Waals surface area contributed by atoms with Gasteiger partial charge in [-0.25, -0.2) is 0 Å². The number of unbranched alkanes of at least 4 members (excludes halogenated alkanes) is 1. The zero-order chi connectivity index (χ0) is 21.3. The minimum absolute atomic E-state index is 0.0322. The third-order valence-corrected chi connectivity index (χ3v) is 5.31. The molecular formula is C24H29N3O3. The summed E-state index contributed by atoms with van der Waals surface area (Å²) in [5.41, 5.74) is 1.63. The molecule has 3 rings (SSSR count). The van der Waals surface area contributed by atoms with Crippen molar-refractivity contribution in [3.63, 3.8) is 0 Å². The second kappa shape index (κ2) is 10.6. The molecule has 3 amide bonds. The molecule has 0 spiro atoms. The van der Waals surface area contributed by atoms with Gasteiger partial charge in [0.2, 0.25) is 5.91 Å². The Labute approximate surface area is 177 Å². The molecule has 0 aromatic heterocycles. The molecule has 30 heavy (non-hydrogen) atoms. The smallest absolute Gasteiger partial charge is 0.255 e. The first-order chi connectivity index (χ1) is 14.6. The molecule has 1 aliphatic rings. The second-order valence-electron chi connectivity index (χ2n) is 7.64. The van der Waals surface area contributed by atoms with E-state index in [0.29, 0.717) is 36.4 Å². The monoisotopic (exact) mass is 407 g/mol. The average molecular weight is 408 g/mol. The van der Waals surface area contributed by atoms with Gasteiger partial charge in [-0.2, -0.15) is 0 Å². The number of rotatable bonds is 7. The van der Waals surface area contributed by atoms with E-state index >= 15 is 0 Å². The molecule has 1 unspecified atom stereocenters. The third kappa shape index (κ3) is 5.69. The van der Waals surface area contributed by atoms with Gasteiger partial charge in [0.05, 0.1) is 5.92 Å². The first-order valence-electron chi connectivity index (χ1n) is 10.6. The van der Waals surface area contributed by atoms with Crippen molar-refractivity contribution in [2.45, 2.75) is 32.6 Å². The fraction of sp³-hybridized carbons (Fsp3) is 0.375. The Hall–Kier alpha value is -3.15. The molecule has 1 atom stereocenters.